The lowest BCUT2D eigenvalue weighted by Gasteiger charge is -2.38. The highest BCUT2D eigenvalue weighted by atomic mass is 16.2. The van der Waals surface area contributed by atoms with Crippen molar-refractivity contribution in [3.8, 4) is 0 Å². The molecule has 1 aromatic rings. The largest absolute Gasteiger partial charge is 0.356 e. The molecule has 2 fully saturated rings. The number of amides is 3. The molecule has 0 aliphatic carbocycles. The van der Waals surface area contributed by atoms with Gasteiger partial charge in [0.25, 0.3) is 0 Å². The van der Waals surface area contributed by atoms with Gasteiger partial charge < -0.3 is 15.5 Å². The van der Waals surface area contributed by atoms with Gasteiger partial charge in [-0.15, -0.1) is 0 Å². The van der Waals surface area contributed by atoms with Crippen molar-refractivity contribution in [3.63, 3.8) is 0 Å². The van der Waals surface area contributed by atoms with Gasteiger partial charge in [0.1, 0.15) is 0 Å². The number of urea groups is 1. The lowest BCUT2D eigenvalue weighted by Crippen LogP contribution is -2.48. The number of aromatic nitrogens is 2. The second-order valence-electron chi connectivity index (χ2n) is 6.96. The van der Waals surface area contributed by atoms with Gasteiger partial charge in [-0.25, -0.2) is 4.79 Å². The minimum absolute atomic E-state index is 0.00412. The molecule has 7 nitrogen and oxygen atoms in total. The number of likely N-dealkylation sites (tertiary alicyclic amines) is 1. The van der Waals surface area contributed by atoms with Crippen molar-refractivity contribution in [1.29, 1.82) is 0 Å². The Labute approximate surface area is 136 Å². The molecular formula is C16H25N5O2. The maximum Gasteiger partial charge on any atom is 0.317 e. The highest BCUT2D eigenvalue weighted by Crippen LogP contribution is 2.37. The van der Waals surface area contributed by atoms with Gasteiger partial charge in [-0.2, -0.15) is 5.10 Å². The van der Waals surface area contributed by atoms with Gasteiger partial charge in [0.05, 0.1) is 0 Å². The lowest BCUT2D eigenvalue weighted by atomic mass is 9.78. The quantitative estimate of drug-likeness (QED) is 0.863. The van der Waals surface area contributed by atoms with Crippen molar-refractivity contribution >= 4 is 11.9 Å². The van der Waals surface area contributed by atoms with Crippen molar-refractivity contribution in [3.05, 3.63) is 18.5 Å². The summed E-state index contributed by atoms with van der Waals surface area (Å²) in [5.41, 5.74) is 0.0846. The van der Waals surface area contributed by atoms with Crippen molar-refractivity contribution in [1.82, 2.24) is 25.3 Å². The summed E-state index contributed by atoms with van der Waals surface area (Å²) in [6, 6.07) is 1.90. The summed E-state index contributed by atoms with van der Waals surface area (Å²) in [6.07, 6.45) is 6.12. The van der Waals surface area contributed by atoms with E-state index in [1.165, 1.54) is 0 Å². The summed E-state index contributed by atoms with van der Waals surface area (Å²) < 4.78 is 1.88. The molecule has 3 heterocycles. The summed E-state index contributed by atoms with van der Waals surface area (Å²) in [7, 11) is 0. The monoisotopic (exact) mass is 319 g/mol. The SMILES string of the molecule is CC(CNC(=O)N1CCC2(CC1)CNC(=O)C2)Cn1cccn1. The molecule has 2 saturated heterocycles. The van der Waals surface area contributed by atoms with E-state index in [1.807, 2.05) is 21.8 Å². The van der Waals surface area contributed by atoms with E-state index in [-0.39, 0.29) is 17.4 Å². The number of nitrogens with one attached hydrogen (secondary N) is 2. The van der Waals surface area contributed by atoms with Gasteiger partial charge in [-0.1, -0.05) is 6.92 Å². The molecule has 7 heteroatoms. The van der Waals surface area contributed by atoms with Gasteiger partial charge >= 0.3 is 6.03 Å². The number of carbonyl (C=O) groups excluding carboxylic acids is 2. The molecule has 1 unspecified atom stereocenters. The van der Waals surface area contributed by atoms with Crippen molar-refractivity contribution in [2.75, 3.05) is 26.2 Å². The Hall–Kier alpha value is -2.05. The predicted molar refractivity (Wildman–Crippen MR) is 85.7 cm³/mol. The van der Waals surface area contributed by atoms with Crippen LogP contribution in [0.2, 0.25) is 0 Å². The van der Waals surface area contributed by atoms with Crippen LogP contribution in [0.4, 0.5) is 4.79 Å². The van der Waals surface area contributed by atoms with E-state index >= 15 is 0 Å². The molecule has 0 saturated carbocycles. The zero-order valence-corrected chi connectivity index (χ0v) is 13.6. The number of carbonyl (C=O) groups is 2. The molecule has 1 atom stereocenters. The Morgan fingerprint density at radius 2 is 2.26 bits per heavy atom. The number of piperidine rings is 1. The number of hydrogen-bond donors (Lipinski definition) is 2. The van der Waals surface area contributed by atoms with Gasteiger partial charge in [0.15, 0.2) is 0 Å². The molecule has 2 aliphatic rings. The third-order valence-electron chi connectivity index (χ3n) is 4.97. The first-order valence-electron chi connectivity index (χ1n) is 8.33. The smallest absolute Gasteiger partial charge is 0.317 e. The van der Waals surface area contributed by atoms with Crippen LogP contribution in [0, 0.1) is 11.3 Å². The fraction of sp³-hybridized carbons (Fsp3) is 0.688. The molecule has 126 valence electrons. The molecule has 3 amide bonds. The Bertz CT molecular complexity index is 549. The minimum Gasteiger partial charge on any atom is -0.356 e. The molecule has 0 radical (unpaired) electrons. The second-order valence-corrected chi connectivity index (χ2v) is 6.96. The van der Waals surface area contributed by atoms with Crippen LogP contribution in [0.3, 0.4) is 0 Å². The van der Waals surface area contributed by atoms with Gasteiger partial charge in [0.2, 0.25) is 5.91 Å². The molecular weight excluding hydrogens is 294 g/mol. The highest BCUT2D eigenvalue weighted by Gasteiger charge is 2.41. The van der Waals surface area contributed by atoms with Crippen LogP contribution < -0.4 is 10.6 Å². The maximum atomic E-state index is 12.3. The van der Waals surface area contributed by atoms with Crippen molar-refractivity contribution < 1.29 is 9.59 Å². The molecule has 2 aliphatic heterocycles. The van der Waals surface area contributed by atoms with Crippen LogP contribution in [0.1, 0.15) is 26.2 Å². The second kappa shape index (κ2) is 6.60. The van der Waals surface area contributed by atoms with E-state index in [0.29, 0.717) is 18.9 Å². The number of rotatable bonds is 4. The first kappa shape index (κ1) is 15.8. The standard InChI is InChI=1S/C16H25N5O2/c1-13(11-21-6-2-5-19-21)10-17-15(23)20-7-3-16(4-8-20)9-14(22)18-12-16/h2,5-6,13H,3-4,7-12H2,1H3,(H,17,23)(H,18,22). The lowest BCUT2D eigenvalue weighted by molar-refractivity contribution is -0.119. The van der Waals surface area contributed by atoms with Crippen LogP contribution in [-0.4, -0.2) is 52.8 Å². The topological polar surface area (TPSA) is 79.3 Å². The molecule has 0 aromatic carbocycles. The number of hydrogen-bond acceptors (Lipinski definition) is 3. The summed E-state index contributed by atoms with van der Waals surface area (Å²) in [5.74, 6) is 0.474. The average Bonchev–Trinajstić information content (AvgIpc) is 3.16. The molecule has 23 heavy (non-hydrogen) atoms. The third kappa shape index (κ3) is 3.83. The zero-order valence-electron chi connectivity index (χ0n) is 13.6. The van der Waals surface area contributed by atoms with E-state index < -0.39 is 0 Å². The van der Waals surface area contributed by atoms with E-state index in [2.05, 4.69) is 22.7 Å². The molecule has 3 rings (SSSR count). The van der Waals surface area contributed by atoms with E-state index in [1.54, 1.807) is 6.20 Å². The maximum absolute atomic E-state index is 12.3. The Morgan fingerprint density at radius 1 is 1.48 bits per heavy atom. The highest BCUT2D eigenvalue weighted by molar-refractivity contribution is 5.79. The first-order chi connectivity index (χ1) is 11.1. The van der Waals surface area contributed by atoms with Crippen LogP contribution >= 0.6 is 0 Å². The fourth-order valence-electron chi connectivity index (χ4n) is 3.46. The van der Waals surface area contributed by atoms with Gasteiger partial charge in [-0.05, 0) is 30.2 Å². The summed E-state index contributed by atoms with van der Waals surface area (Å²) in [4.78, 5) is 25.6. The Morgan fingerprint density at radius 3 is 2.87 bits per heavy atom. The fourth-order valence-corrected chi connectivity index (χ4v) is 3.46. The normalized spacial score (nSPS) is 21.3. The van der Waals surface area contributed by atoms with Crippen LogP contribution in [0.5, 0.6) is 0 Å². The molecule has 0 bridgehead atoms. The van der Waals surface area contributed by atoms with E-state index in [9.17, 15) is 9.59 Å². The average molecular weight is 319 g/mol. The van der Waals surface area contributed by atoms with E-state index in [0.717, 1.165) is 39.0 Å². The van der Waals surface area contributed by atoms with E-state index in [4.69, 9.17) is 0 Å². The molecule has 2 N–H and O–H groups in total. The van der Waals surface area contributed by atoms with Gasteiger partial charge in [0, 0.05) is 51.5 Å². The third-order valence-corrected chi connectivity index (χ3v) is 4.97. The Kier molecular flexibility index (Phi) is 4.54. The summed E-state index contributed by atoms with van der Waals surface area (Å²) in [6.45, 7) is 5.76. The summed E-state index contributed by atoms with van der Waals surface area (Å²) >= 11 is 0. The number of nitrogens with zero attached hydrogens (tertiary/aromatic N) is 3. The predicted octanol–water partition coefficient (Wildman–Crippen LogP) is 0.831. The minimum atomic E-state index is 0.00412. The van der Waals surface area contributed by atoms with Gasteiger partial charge in [-0.3, -0.25) is 9.48 Å². The van der Waals surface area contributed by atoms with Crippen LogP contribution in [0.25, 0.3) is 0 Å². The summed E-state index contributed by atoms with van der Waals surface area (Å²) in [5, 5.41) is 10.1. The Balaban J connectivity index is 1.40. The van der Waals surface area contributed by atoms with Crippen molar-refractivity contribution in [2.24, 2.45) is 11.3 Å². The first-order valence-corrected chi connectivity index (χ1v) is 8.33. The molecule has 1 spiro atoms. The van der Waals surface area contributed by atoms with Crippen LogP contribution in [-0.2, 0) is 11.3 Å². The van der Waals surface area contributed by atoms with Crippen LogP contribution in [0.15, 0.2) is 18.5 Å². The molecule has 1 aromatic heterocycles. The zero-order chi connectivity index (χ0) is 16.3. The van der Waals surface area contributed by atoms with Crippen molar-refractivity contribution in [2.45, 2.75) is 32.7 Å².